The highest BCUT2D eigenvalue weighted by molar-refractivity contribution is 6.32. The van der Waals surface area contributed by atoms with Crippen LogP contribution in [0.15, 0.2) is 138 Å². The first-order valence-electron chi connectivity index (χ1n) is 19.2. The van der Waals surface area contributed by atoms with E-state index in [1.807, 2.05) is 48.5 Å². The Hall–Kier alpha value is -6.26. The van der Waals surface area contributed by atoms with Crippen molar-refractivity contribution in [2.24, 2.45) is 10.7 Å². The topological polar surface area (TPSA) is 171 Å². The molecule has 0 aromatic heterocycles. The maximum absolute atomic E-state index is 12.7. The van der Waals surface area contributed by atoms with Crippen LogP contribution < -0.4 is 16.4 Å². The molecule has 0 atom stereocenters. The second kappa shape index (κ2) is 21.8. The lowest BCUT2D eigenvalue weighted by atomic mass is 9.95. The summed E-state index contributed by atoms with van der Waals surface area (Å²) in [6, 6.07) is 41.0. The number of carbonyl (C=O) groups excluding carboxylic acids is 2. The molecule has 0 saturated heterocycles. The number of benzene rings is 6. The summed E-state index contributed by atoms with van der Waals surface area (Å²) in [7, 11) is 0. The van der Waals surface area contributed by atoms with E-state index in [4.69, 9.17) is 39.1 Å². The zero-order valence-corrected chi connectivity index (χ0v) is 35.1. The molecule has 0 aliphatic heterocycles. The summed E-state index contributed by atoms with van der Waals surface area (Å²) in [4.78, 5) is 49.0. The molecule has 10 nitrogen and oxygen atoms in total. The summed E-state index contributed by atoms with van der Waals surface area (Å²) in [6.07, 6.45) is 5.58. The third-order valence-electron chi connectivity index (χ3n) is 10.5. The zero-order chi connectivity index (χ0) is 42.6. The first-order chi connectivity index (χ1) is 29.1. The number of aryl methyl sites for hydroxylation is 4. The molecule has 0 radical (unpaired) electrons. The van der Waals surface area contributed by atoms with Gasteiger partial charge < -0.3 is 26.6 Å². The lowest BCUT2D eigenvalue weighted by Crippen LogP contribution is -2.38. The molecule has 2 amide bonds. The van der Waals surface area contributed by atoms with Crippen molar-refractivity contribution in [3.05, 3.63) is 210 Å². The van der Waals surface area contributed by atoms with Gasteiger partial charge in [0.2, 0.25) is 6.08 Å². The fourth-order valence-electron chi connectivity index (χ4n) is 7.39. The standard InChI is InChI=1S/C24H21ClN2O3.C16H13NO.C8H8ClNO2.ClH/c25-21-13-17(23(28)29)11-12-18(21)14-26-24(30)27-22-19-7-3-1-5-15(19)9-10-16-6-2-4-8-20(16)22;18-11-17-16-14-7-3-1-5-12(14)9-10-13-6-2-4-8-15(13)16;9-7-3-5(8(11)12)1-2-6(7)4-10;/h1-8,11-13,22H,9-10,14H2,(H,28,29)(H2,26,27,30);1-8,16H,9-10H2;1-3H,4,10H2,(H,11,12);1H. The molecule has 0 spiro atoms. The van der Waals surface area contributed by atoms with Crippen molar-refractivity contribution in [3.8, 4) is 0 Å². The van der Waals surface area contributed by atoms with Crippen LogP contribution in [0.25, 0.3) is 0 Å². The van der Waals surface area contributed by atoms with Crippen LogP contribution in [0.3, 0.4) is 0 Å². The lowest BCUT2D eigenvalue weighted by Gasteiger charge is -2.22. The molecule has 312 valence electrons. The Morgan fingerprint density at radius 1 is 0.623 bits per heavy atom. The summed E-state index contributed by atoms with van der Waals surface area (Å²) < 4.78 is 0. The Bertz CT molecular complexity index is 2480. The predicted octanol–water partition coefficient (Wildman–Crippen LogP) is 9.85. The Morgan fingerprint density at radius 3 is 1.41 bits per heavy atom. The number of amides is 2. The molecule has 0 saturated carbocycles. The van der Waals surface area contributed by atoms with E-state index in [1.54, 1.807) is 18.2 Å². The van der Waals surface area contributed by atoms with Crippen LogP contribution >= 0.6 is 35.6 Å². The highest BCUT2D eigenvalue weighted by atomic mass is 35.5. The smallest absolute Gasteiger partial charge is 0.335 e. The number of urea groups is 1. The van der Waals surface area contributed by atoms with Crippen molar-refractivity contribution < 1.29 is 29.4 Å². The van der Waals surface area contributed by atoms with Crippen molar-refractivity contribution in [1.29, 1.82) is 0 Å². The van der Waals surface area contributed by atoms with E-state index in [9.17, 15) is 19.2 Å². The molecular formula is C48H43Cl3N4O6. The Morgan fingerprint density at radius 2 is 1.02 bits per heavy atom. The molecule has 0 unspecified atom stereocenters. The molecule has 0 fully saturated rings. The molecule has 13 heteroatoms. The molecule has 6 N–H and O–H groups in total. The van der Waals surface area contributed by atoms with E-state index in [0.29, 0.717) is 22.2 Å². The average Bonchev–Trinajstić information content (AvgIpc) is 3.52. The van der Waals surface area contributed by atoms with Gasteiger partial charge in [-0.25, -0.2) is 19.2 Å². The Kier molecular flexibility index (Phi) is 16.4. The van der Waals surface area contributed by atoms with Crippen molar-refractivity contribution in [1.82, 2.24) is 10.6 Å². The van der Waals surface area contributed by atoms with Gasteiger partial charge in [0, 0.05) is 23.1 Å². The van der Waals surface area contributed by atoms with Gasteiger partial charge in [-0.15, -0.1) is 12.4 Å². The number of nitrogens with zero attached hydrogens (tertiary/aromatic N) is 1. The maximum Gasteiger partial charge on any atom is 0.335 e. The van der Waals surface area contributed by atoms with Crippen LogP contribution in [-0.2, 0) is 43.6 Å². The largest absolute Gasteiger partial charge is 0.478 e. The summed E-state index contributed by atoms with van der Waals surface area (Å²) in [5.74, 6) is -2.03. The first-order valence-corrected chi connectivity index (χ1v) is 20.0. The minimum atomic E-state index is -1.04. The summed E-state index contributed by atoms with van der Waals surface area (Å²) in [5.41, 5.74) is 16.5. The first kappa shape index (κ1) is 45.8. The van der Waals surface area contributed by atoms with E-state index in [0.717, 1.165) is 53.5 Å². The quantitative estimate of drug-likeness (QED) is 0.0785. The minimum absolute atomic E-state index is 0. The Balaban J connectivity index is 0.000000192. The maximum atomic E-state index is 12.7. The van der Waals surface area contributed by atoms with Crippen LogP contribution in [0.4, 0.5) is 4.79 Å². The normalized spacial score (nSPS) is 12.4. The third kappa shape index (κ3) is 11.5. The van der Waals surface area contributed by atoms with Crippen molar-refractivity contribution in [2.75, 3.05) is 0 Å². The number of nitrogens with one attached hydrogen (secondary N) is 2. The lowest BCUT2D eigenvalue weighted by molar-refractivity contribution is 0.0686. The van der Waals surface area contributed by atoms with Gasteiger partial charge in [-0.3, -0.25) is 0 Å². The number of hydrogen-bond acceptors (Lipinski definition) is 6. The third-order valence-corrected chi connectivity index (χ3v) is 11.2. The molecule has 6 aromatic carbocycles. The summed E-state index contributed by atoms with van der Waals surface area (Å²) in [5, 5.41) is 24.3. The van der Waals surface area contributed by atoms with E-state index < -0.39 is 11.9 Å². The highest BCUT2D eigenvalue weighted by Gasteiger charge is 2.25. The average molecular weight is 878 g/mol. The molecule has 2 aliphatic carbocycles. The van der Waals surface area contributed by atoms with Crippen LogP contribution in [0, 0.1) is 0 Å². The molecule has 8 rings (SSSR count). The number of fused-ring (bicyclic) bond motifs is 4. The number of carboxylic acid groups (broad SMARTS) is 2. The van der Waals surface area contributed by atoms with Gasteiger partial charge in [-0.05, 0) is 106 Å². The molecule has 0 heterocycles. The number of carboxylic acids is 2. The van der Waals surface area contributed by atoms with Crippen molar-refractivity contribution in [2.45, 2.75) is 50.9 Å². The summed E-state index contributed by atoms with van der Waals surface area (Å²) >= 11 is 11.9. The van der Waals surface area contributed by atoms with E-state index in [-0.39, 0.29) is 48.2 Å². The van der Waals surface area contributed by atoms with Crippen LogP contribution in [0.2, 0.25) is 10.0 Å². The minimum Gasteiger partial charge on any atom is -0.478 e. The SMILES string of the molecule is Cl.NCc1ccc(C(=O)O)cc1Cl.O=C(NCc1ccc(C(=O)O)cc1Cl)NC1c2ccccc2CCc2ccccc21.O=C=NC1c2ccccc2CCc2ccccc21. The second-order valence-corrected chi connectivity index (χ2v) is 14.9. The van der Waals surface area contributed by atoms with Crippen LogP contribution in [0.5, 0.6) is 0 Å². The number of isocyanates is 1. The molecule has 6 aromatic rings. The summed E-state index contributed by atoms with van der Waals surface area (Å²) in [6.45, 7) is 0.513. The number of hydrogen-bond donors (Lipinski definition) is 5. The van der Waals surface area contributed by atoms with Gasteiger partial charge in [0.1, 0.15) is 6.04 Å². The van der Waals surface area contributed by atoms with Gasteiger partial charge in [0.05, 0.1) is 17.2 Å². The van der Waals surface area contributed by atoms with E-state index in [2.05, 4.69) is 64.2 Å². The number of aromatic carboxylic acids is 2. The second-order valence-electron chi connectivity index (χ2n) is 14.1. The predicted molar refractivity (Wildman–Crippen MR) is 240 cm³/mol. The van der Waals surface area contributed by atoms with Crippen LogP contribution in [0.1, 0.15) is 88.4 Å². The number of carbonyl (C=O) groups is 3. The monoisotopic (exact) mass is 876 g/mol. The van der Waals surface area contributed by atoms with E-state index >= 15 is 0 Å². The van der Waals surface area contributed by atoms with Gasteiger partial charge in [0.15, 0.2) is 0 Å². The molecule has 2 aliphatic rings. The molecular weight excluding hydrogens is 835 g/mol. The fraction of sp³-hybridized carbons (Fsp3) is 0.167. The van der Waals surface area contributed by atoms with Crippen molar-refractivity contribution in [3.63, 3.8) is 0 Å². The number of nitrogens with two attached hydrogens (primary N) is 1. The number of halogens is 3. The van der Waals surface area contributed by atoms with E-state index in [1.165, 1.54) is 46.5 Å². The van der Waals surface area contributed by atoms with Gasteiger partial charge in [-0.2, -0.15) is 4.99 Å². The van der Waals surface area contributed by atoms with Crippen LogP contribution in [-0.4, -0.2) is 34.3 Å². The van der Waals surface area contributed by atoms with Gasteiger partial charge in [-0.1, -0.05) is 132 Å². The zero-order valence-electron chi connectivity index (χ0n) is 32.8. The molecule has 61 heavy (non-hydrogen) atoms. The number of aliphatic imine (C=N–C) groups is 1. The number of rotatable bonds is 7. The highest BCUT2D eigenvalue weighted by Crippen LogP contribution is 2.35. The van der Waals surface area contributed by atoms with Gasteiger partial charge >= 0.3 is 18.0 Å². The Labute approximate surface area is 369 Å². The molecule has 0 bridgehead atoms. The fourth-order valence-corrected chi connectivity index (χ4v) is 7.90. The van der Waals surface area contributed by atoms with Crippen molar-refractivity contribution >= 4 is 59.7 Å². The van der Waals surface area contributed by atoms with Gasteiger partial charge in [0.25, 0.3) is 0 Å².